The normalized spacial score (nSPS) is 15.9. The second-order valence-corrected chi connectivity index (χ2v) is 3.43. The molecule has 2 N–H and O–H groups in total. The lowest BCUT2D eigenvalue weighted by atomic mass is 9.79. The Hall–Kier alpha value is -0.865. The second kappa shape index (κ2) is 3.12. The van der Waals surface area contributed by atoms with Gasteiger partial charge in [0.15, 0.2) is 0 Å². The van der Waals surface area contributed by atoms with E-state index in [4.69, 9.17) is 10.0 Å². The van der Waals surface area contributed by atoms with Gasteiger partial charge in [-0.25, -0.2) is 4.39 Å². The fourth-order valence-corrected chi connectivity index (χ4v) is 1.43. The zero-order chi connectivity index (χ0) is 9.42. The minimum atomic E-state index is -1.71. The van der Waals surface area contributed by atoms with Gasteiger partial charge in [-0.05, 0) is 30.4 Å². The molecule has 0 heterocycles. The molecule has 1 fully saturated rings. The zero-order valence-electron chi connectivity index (χ0n) is 7.07. The van der Waals surface area contributed by atoms with Gasteiger partial charge in [0.2, 0.25) is 0 Å². The summed E-state index contributed by atoms with van der Waals surface area (Å²) in [4.78, 5) is 0. The first-order valence-corrected chi connectivity index (χ1v) is 4.34. The van der Waals surface area contributed by atoms with Crippen molar-refractivity contribution in [3.63, 3.8) is 0 Å². The SMILES string of the molecule is OB(O)c1cc(C2CC2)ccc1F. The monoisotopic (exact) mass is 180 g/mol. The molecule has 0 radical (unpaired) electrons. The van der Waals surface area contributed by atoms with Gasteiger partial charge in [-0.1, -0.05) is 12.1 Å². The molecular formula is C9H10BFO2. The molecule has 0 unspecified atom stereocenters. The van der Waals surface area contributed by atoms with E-state index >= 15 is 0 Å². The fourth-order valence-electron chi connectivity index (χ4n) is 1.43. The maximum atomic E-state index is 13.0. The Bertz CT molecular complexity index is 323. The smallest absolute Gasteiger partial charge is 0.423 e. The molecule has 4 heteroatoms. The number of hydrogen-bond donors (Lipinski definition) is 2. The summed E-state index contributed by atoms with van der Waals surface area (Å²) >= 11 is 0. The minimum absolute atomic E-state index is 0.0237. The number of halogens is 1. The van der Waals surface area contributed by atoms with E-state index in [2.05, 4.69) is 0 Å². The van der Waals surface area contributed by atoms with E-state index in [0.29, 0.717) is 5.92 Å². The summed E-state index contributed by atoms with van der Waals surface area (Å²) in [6.45, 7) is 0. The van der Waals surface area contributed by atoms with E-state index in [1.165, 1.54) is 12.1 Å². The van der Waals surface area contributed by atoms with Gasteiger partial charge < -0.3 is 10.0 Å². The van der Waals surface area contributed by atoms with Crippen molar-refractivity contribution in [2.24, 2.45) is 0 Å². The van der Waals surface area contributed by atoms with Crippen LogP contribution in [0.5, 0.6) is 0 Å². The van der Waals surface area contributed by atoms with E-state index in [0.717, 1.165) is 18.4 Å². The molecule has 68 valence electrons. The largest absolute Gasteiger partial charge is 0.491 e. The van der Waals surface area contributed by atoms with Crippen molar-refractivity contribution in [3.05, 3.63) is 29.6 Å². The van der Waals surface area contributed by atoms with Gasteiger partial charge in [0, 0.05) is 5.46 Å². The Morgan fingerprint density at radius 2 is 2.00 bits per heavy atom. The van der Waals surface area contributed by atoms with Crippen LogP contribution in [0.1, 0.15) is 24.3 Å². The van der Waals surface area contributed by atoms with Crippen LogP contribution in [0, 0.1) is 5.82 Å². The maximum Gasteiger partial charge on any atom is 0.491 e. The van der Waals surface area contributed by atoms with Crippen molar-refractivity contribution in [1.82, 2.24) is 0 Å². The fraction of sp³-hybridized carbons (Fsp3) is 0.333. The van der Waals surface area contributed by atoms with Gasteiger partial charge in [0.1, 0.15) is 5.82 Å². The van der Waals surface area contributed by atoms with Crippen LogP contribution in [0.4, 0.5) is 4.39 Å². The highest BCUT2D eigenvalue weighted by molar-refractivity contribution is 6.58. The lowest BCUT2D eigenvalue weighted by molar-refractivity contribution is 0.423. The molecule has 0 saturated heterocycles. The molecule has 1 aliphatic carbocycles. The highest BCUT2D eigenvalue weighted by Gasteiger charge is 2.26. The molecule has 0 atom stereocenters. The topological polar surface area (TPSA) is 40.5 Å². The first-order valence-electron chi connectivity index (χ1n) is 4.34. The molecule has 1 saturated carbocycles. The average molecular weight is 180 g/mol. The quantitative estimate of drug-likeness (QED) is 0.646. The summed E-state index contributed by atoms with van der Waals surface area (Å²) in [7, 11) is -1.71. The van der Waals surface area contributed by atoms with Gasteiger partial charge in [-0.3, -0.25) is 0 Å². The van der Waals surface area contributed by atoms with E-state index in [1.54, 1.807) is 6.07 Å². The van der Waals surface area contributed by atoms with Crippen molar-refractivity contribution in [2.45, 2.75) is 18.8 Å². The highest BCUT2D eigenvalue weighted by atomic mass is 19.1. The molecule has 0 aromatic heterocycles. The Kier molecular flexibility index (Phi) is 2.10. The van der Waals surface area contributed by atoms with Crippen LogP contribution in [0.25, 0.3) is 0 Å². The maximum absolute atomic E-state index is 13.0. The highest BCUT2D eigenvalue weighted by Crippen LogP contribution is 2.39. The lowest BCUT2D eigenvalue weighted by Crippen LogP contribution is -2.32. The van der Waals surface area contributed by atoms with Crippen LogP contribution in [-0.4, -0.2) is 17.2 Å². The van der Waals surface area contributed by atoms with Crippen LogP contribution in [0.15, 0.2) is 18.2 Å². The van der Waals surface area contributed by atoms with Crippen LogP contribution >= 0.6 is 0 Å². The standard InChI is InChI=1S/C9H10BFO2/c11-9-4-3-7(6-1-2-6)5-8(9)10(12)13/h3-6,12-13H,1-2H2. The lowest BCUT2D eigenvalue weighted by Gasteiger charge is -2.04. The Labute approximate surface area is 76.2 Å². The third-order valence-corrected chi connectivity index (χ3v) is 2.35. The van der Waals surface area contributed by atoms with Crippen molar-refractivity contribution < 1.29 is 14.4 Å². The van der Waals surface area contributed by atoms with Gasteiger partial charge >= 0.3 is 7.12 Å². The Balaban J connectivity index is 2.36. The summed E-state index contributed by atoms with van der Waals surface area (Å²) in [6, 6.07) is 4.54. The molecule has 0 amide bonds. The molecule has 1 aromatic carbocycles. The first kappa shape index (κ1) is 8.72. The van der Waals surface area contributed by atoms with E-state index in [1.807, 2.05) is 0 Å². The molecule has 13 heavy (non-hydrogen) atoms. The van der Waals surface area contributed by atoms with Gasteiger partial charge in [-0.2, -0.15) is 0 Å². The Morgan fingerprint density at radius 1 is 1.31 bits per heavy atom. The predicted octanol–water partition coefficient (Wildman–Crippen LogP) is 0.383. The second-order valence-electron chi connectivity index (χ2n) is 3.43. The van der Waals surface area contributed by atoms with Gasteiger partial charge in [-0.15, -0.1) is 0 Å². The third-order valence-electron chi connectivity index (χ3n) is 2.35. The molecule has 2 nitrogen and oxygen atoms in total. The summed E-state index contributed by atoms with van der Waals surface area (Å²) < 4.78 is 13.0. The van der Waals surface area contributed by atoms with Crippen molar-refractivity contribution in [1.29, 1.82) is 0 Å². The van der Waals surface area contributed by atoms with Crippen LogP contribution < -0.4 is 5.46 Å². The van der Waals surface area contributed by atoms with Crippen molar-refractivity contribution in [2.75, 3.05) is 0 Å². The molecule has 0 bridgehead atoms. The molecule has 1 aromatic rings. The van der Waals surface area contributed by atoms with Crippen LogP contribution in [-0.2, 0) is 0 Å². The summed E-state index contributed by atoms with van der Waals surface area (Å²) in [5.41, 5.74) is 0.980. The van der Waals surface area contributed by atoms with Crippen molar-refractivity contribution >= 4 is 12.6 Å². The number of benzene rings is 1. The first-order chi connectivity index (χ1) is 6.18. The average Bonchev–Trinajstić information content (AvgIpc) is 2.87. The van der Waals surface area contributed by atoms with Crippen molar-refractivity contribution in [3.8, 4) is 0 Å². The Morgan fingerprint density at radius 3 is 2.54 bits per heavy atom. The molecule has 1 aliphatic rings. The third kappa shape index (κ3) is 1.74. The molecule has 0 aliphatic heterocycles. The summed E-state index contributed by atoms with van der Waals surface area (Å²) in [5, 5.41) is 17.7. The van der Waals surface area contributed by atoms with Crippen LogP contribution in [0.3, 0.4) is 0 Å². The predicted molar refractivity (Wildman–Crippen MR) is 48.2 cm³/mol. The van der Waals surface area contributed by atoms with Crippen LogP contribution in [0.2, 0.25) is 0 Å². The van der Waals surface area contributed by atoms with Gasteiger partial charge in [0.05, 0.1) is 0 Å². The van der Waals surface area contributed by atoms with E-state index in [9.17, 15) is 4.39 Å². The zero-order valence-corrected chi connectivity index (χ0v) is 7.07. The summed E-state index contributed by atoms with van der Waals surface area (Å²) in [5.74, 6) is -0.0579. The molecule has 0 spiro atoms. The van der Waals surface area contributed by atoms with E-state index in [-0.39, 0.29) is 5.46 Å². The number of hydrogen-bond acceptors (Lipinski definition) is 2. The molecular weight excluding hydrogens is 170 g/mol. The van der Waals surface area contributed by atoms with Gasteiger partial charge in [0.25, 0.3) is 0 Å². The molecule has 2 rings (SSSR count). The summed E-state index contributed by atoms with van der Waals surface area (Å²) in [6.07, 6.45) is 2.24. The minimum Gasteiger partial charge on any atom is -0.423 e. The number of rotatable bonds is 2. The van der Waals surface area contributed by atoms with E-state index < -0.39 is 12.9 Å².